The van der Waals surface area contributed by atoms with E-state index in [1.807, 2.05) is 0 Å². The maximum Gasteiger partial charge on any atom is 0.170 e. The first-order valence-corrected chi connectivity index (χ1v) is 7.78. The van der Waals surface area contributed by atoms with Crippen molar-refractivity contribution < 1.29 is 18.3 Å². The van der Waals surface area contributed by atoms with Crippen LogP contribution in [0.2, 0.25) is 0 Å². The van der Waals surface area contributed by atoms with Gasteiger partial charge in [-0.1, -0.05) is 30.3 Å². The minimum atomic E-state index is -0.590. The predicted molar refractivity (Wildman–Crippen MR) is 92.8 cm³/mol. The van der Waals surface area contributed by atoms with E-state index in [-0.39, 0.29) is 23.6 Å². The number of methoxy groups -OCH3 is 1. The first-order valence-electron chi connectivity index (χ1n) is 7.78. The van der Waals surface area contributed by atoms with Gasteiger partial charge in [-0.2, -0.15) is 0 Å². The first-order chi connectivity index (χ1) is 12.1. The van der Waals surface area contributed by atoms with Gasteiger partial charge in [0.15, 0.2) is 5.78 Å². The number of Topliss-reactive ketones (excluding diaryl/α,β-unsaturated/α-hetero) is 1. The molecular weight excluding hydrogens is 322 g/mol. The number of hydrogen-bond acceptors (Lipinski definition) is 2. The zero-order valence-electron chi connectivity index (χ0n) is 13.6. The highest BCUT2D eigenvalue weighted by atomic mass is 19.1. The van der Waals surface area contributed by atoms with Crippen molar-refractivity contribution in [3.05, 3.63) is 89.5 Å². The number of carbonyl (C=O) groups excluding carboxylic acids is 1. The Morgan fingerprint density at radius 3 is 2.44 bits per heavy atom. The Bertz CT molecular complexity index is 919. The lowest BCUT2D eigenvalue weighted by Crippen LogP contribution is -2.06. The lowest BCUT2D eigenvalue weighted by molar-refractivity contribution is 0.0989. The molecule has 0 fully saturated rings. The van der Waals surface area contributed by atoms with E-state index in [0.29, 0.717) is 16.9 Å². The maximum absolute atomic E-state index is 14.1. The molecule has 0 aliphatic carbocycles. The van der Waals surface area contributed by atoms with Crippen molar-refractivity contribution in [3.8, 4) is 16.9 Å². The summed E-state index contributed by atoms with van der Waals surface area (Å²) in [4.78, 5) is 12.5. The Morgan fingerprint density at radius 2 is 1.68 bits per heavy atom. The molecule has 126 valence electrons. The largest absolute Gasteiger partial charge is 0.497 e. The van der Waals surface area contributed by atoms with Crippen molar-refractivity contribution in [1.29, 1.82) is 0 Å². The molecule has 0 aliphatic rings. The van der Waals surface area contributed by atoms with Crippen LogP contribution in [0.15, 0.2) is 66.7 Å². The maximum atomic E-state index is 14.1. The molecule has 0 spiro atoms. The highest BCUT2D eigenvalue weighted by Crippen LogP contribution is 2.24. The third-order valence-electron chi connectivity index (χ3n) is 3.92. The topological polar surface area (TPSA) is 26.3 Å². The molecule has 25 heavy (non-hydrogen) atoms. The van der Waals surface area contributed by atoms with E-state index in [1.54, 1.807) is 43.5 Å². The summed E-state index contributed by atoms with van der Waals surface area (Å²) < 4.78 is 32.7. The quantitative estimate of drug-likeness (QED) is 0.608. The lowest BCUT2D eigenvalue weighted by atomic mass is 9.97. The highest BCUT2D eigenvalue weighted by Gasteiger charge is 2.14. The molecule has 0 N–H and O–H groups in total. The highest BCUT2D eigenvalue weighted by molar-refractivity contribution is 5.98. The third kappa shape index (κ3) is 3.91. The Morgan fingerprint density at radius 1 is 0.920 bits per heavy atom. The normalized spacial score (nSPS) is 10.5. The van der Waals surface area contributed by atoms with Crippen molar-refractivity contribution in [1.82, 2.24) is 0 Å². The van der Waals surface area contributed by atoms with Crippen LogP contribution >= 0.6 is 0 Å². The Balaban J connectivity index is 1.90. The Hall–Kier alpha value is -3.01. The van der Waals surface area contributed by atoms with Gasteiger partial charge >= 0.3 is 0 Å². The number of ketones is 1. The van der Waals surface area contributed by atoms with E-state index in [2.05, 4.69) is 0 Å². The fourth-order valence-electron chi connectivity index (χ4n) is 2.65. The molecule has 0 radical (unpaired) electrons. The van der Waals surface area contributed by atoms with Gasteiger partial charge in [0.2, 0.25) is 0 Å². The molecule has 0 amide bonds. The standard InChI is InChI=1S/C21H16F2O2/c1-25-18-7-2-4-14(10-18)11-21(24)19-13-16(8-9-20(19)23)15-5-3-6-17(22)12-15/h2-10,12-13H,11H2,1H3. The Kier molecular flexibility index (Phi) is 4.89. The summed E-state index contributed by atoms with van der Waals surface area (Å²) in [5.74, 6) is -0.678. The SMILES string of the molecule is COc1cccc(CC(=O)c2cc(-c3cccc(F)c3)ccc2F)c1. The molecule has 0 unspecified atom stereocenters. The van der Waals surface area contributed by atoms with Crippen LogP contribution < -0.4 is 4.74 Å². The van der Waals surface area contributed by atoms with E-state index in [9.17, 15) is 13.6 Å². The van der Waals surface area contributed by atoms with Gasteiger partial charge in [0.25, 0.3) is 0 Å². The molecule has 0 atom stereocenters. The number of halogens is 2. The fourth-order valence-corrected chi connectivity index (χ4v) is 2.65. The molecule has 4 heteroatoms. The first kappa shape index (κ1) is 16.8. The van der Waals surface area contributed by atoms with Crippen LogP contribution in [-0.4, -0.2) is 12.9 Å². The average molecular weight is 338 g/mol. The monoisotopic (exact) mass is 338 g/mol. The van der Waals surface area contributed by atoms with Crippen molar-refractivity contribution in [2.45, 2.75) is 6.42 Å². The average Bonchev–Trinajstić information content (AvgIpc) is 2.62. The van der Waals surface area contributed by atoms with Gasteiger partial charge in [0, 0.05) is 6.42 Å². The molecule has 2 nitrogen and oxygen atoms in total. The van der Waals surface area contributed by atoms with E-state index >= 15 is 0 Å². The van der Waals surface area contributed by atoms with E-state index in [1.165, 1.54) is 30.3 Å². The van der Waals surface area contributed by atoms with Crippen LogP contribution in [0.4, 0.5) is 8.78 Å². The van der Waals surface area contributed by atoms with Crippen LogP contribution in [0.3, 0.4) is 0 Å². The van der Waals surface area contributed by atoms with Crippen LogP contribution in [0, 0.1) is 11.6 Å². The van der Waals surface area contributed by atoms with Gasteiger partial charge in [-0.15, -0.1) is 0 Å². The second-order valence-corrected chi connectivity index (χ2v) is 5.66. The van der Waals surface area contributed by atoms with Crippen LogP contribution in [0.5, 0.6) is 5.75 Å². The molecule has 3 rings (SSSR count). The molecule has 0 aliphatic heterocycles. The number of carbonyl (C=O) groups is 1. The van der Waals surface area contributed by atoms with E-state index in [0.717, 1.165) is 5.56 Å². The number of hydrogen-bond donors (Lipinski definition) is 0. The molecule has 0 saturated carbocycles. The van der Waals surface area contributed by atoms with Gasteiger partial charge < -0.3 is 4.74 Å². The van der Waals surface area contributed by atoms with E-state index < -0.39 is 5.82 Å². The molecule has 3 aromatic rings. The van der Waals surface area contributed by atoms with Gasteiger partial charge in [-0.3, -0.25) is 4.79 Å². The minimum absolute atomic E-state index is 0.00965. The third-order valence-corrected chi connectivity index (χ3v) is 3.92. The second-order valence-electron chi connectivity index (χ2n) is 5.66. The van der Waals surface area contributed by atoms with Crippen LogP contribution in [0.1, 0.15) is 15.9 Å². The summed E-state index contributed by atoms with van der Waals surface area (Å²) in [6, 6.07) is 17.3. The van der Waals surface area contributed by atoms with E-state index in [4.69, 9.17) is 4.74 Å². The van der Waals surface area contributed by atoms with Gasteiger partial charge in [0.1, 0.15) is 17.4 Å². The number of ether oxygens (including phenoxy) is 1. The van der Waals surface area contributed by atoms with Crippen LogP contribution in [0.25, 0.3) is 11.1 Å². The van der Waals surface area contributed by atoms with Gasteiger partial charge in [-0.05, 0) is 53.1 Å². The molecular formula is C21H16F2O2. The predicted octanol–water partition coefficient (Wildman–Crippen LogP) is 5.07. The molecule has 0 heterocycles. The molecule has 0 bridgehead atoms. The Labute approximate surface area is 144 Å². The number of rotatable bonds is 5. The summed E-state index contributed by atoms with van der Waals surface area (Å²) in [6.07, 6.45) is 0.0563. The zero-order chi connectivity index (χ0) is 17.8. The van der Waals surface area contributed by atoms with Crippen molar-refractivity contribution >= 4 is 5.78 Å². The summed E-state index contributed by atoms with van der Waals surface area (Å²) in [7, 11) is 1.54. The fraction of sp³-hybridized carbons (Fsp3) is 0.0952. The van der Waals surface area contributed by atoms with Crippen LogP contribution in [-0.2, 0) is 6.42 Å². The molecule has 3 aromatic carbocycles. The van der Waals surface area contributed by atoms with Gasteiger partial charge in [-0.25, -0.2) is 8.78 Å². The summed E-state index contributed by atoms with van der Waals surface area (Å²) >= 11 is 0. The zero-order valence-corrected chi connectivity index (χ0v) is 13.6. The van der Waals surface area contributed by atoms with Crippen molar-refractivity contribution in [2.75, 3.05) is 7.11 Å². The van der Waals surface area contributed by atoms with Crippen molar-refractivity contribution in [3.63, 3.8) is 0 Å². The summed E-state index contributed by atoms with van der Waals surface area (Å²) in [5, 5.41) is 0. The van der Waals surface area contributed by atoms with Gasteiger partial charge in [0.05, 0.1) is 12.7 Å². The smallest absolute Gasteiger partial charge is 0.170 e. The molecule has 0 aromatic heterocycles. The summed E-state index contributed by atoms with van der Waals surface area (Å²) in [6.45, 7) is 0. The molecule has 0 saturated heterocycles. The summed E-state index contributed by atoms with van der Waals surface area (Å²) in [5.41, 5.74) is 1.91. The van der Waals surface area contributed by atoms with Crippen molar-refractivity contribution in [2.24, 2.45) is 0 Å². The number of benzene rings is 3. The minimum Gasteiger partial charge on any atom is -0.497 e. The second kappa shape index (κ2) is 7.26. The lowest BCUT2D eigenvalue weighted by Gasteiger charge is -2.08.